The molecule has 1 amide bonds. The first-order valence-corrected chi connectivity index (χ1v) is 9.29. The molecule has 0 N–H and O–H groups in total. The Morgan fingerprint density at radius 3 is 2.77 bits per heavy atom. The molecule has 1 aliphatic heterocycles. The van der Waals surface area contributed by atoms with Crippen LogP contribution in [0.2, 0.25) is 0 Å². The molecule has 1 aliphatic rings. The summed E-state index contributed by atoms with van der Waals surface area (Å²) in [7, 11) is 0. The molecule has 1 saturated heterocycles. The van der Waals surface area contributed by atoms with Crippen molar-refractivity contribution in [2.75, 3.05) is 19.3 Å². The van der Waals surface area contributed by atoms with Crippen molar-refractivity contribution >= 4 is 28.7 Å². The van der Waals surface area contributed by atoms with Gasteiger partial charge in [-0.1, -0.05) is 19.1 Å². The molecule has 4 nitrogen and oxygen atoms in total. The van der Waals surface area contributed by atoms with Crippen LogP contribution in [0.5, 0.6) is 0 Å². The second-order valence-electron chi connectivity index (χ2n) is 6.10. The Hall–Kier alpha value is -1.49. The normalized spacial score (nSPS) is 16.4. The van der Waals surface area contributed by atoms with E-state index in [2.05, 4.69) is 28.8 Å². The van der Waals surface area contributed by atoms with Crippen molar-refractivity contribution in [2.24, 2.45) is 5.92 Å². The summed E-state index contributed by atoms with van der Waals surface area (Å²) < 4.78 is 2.09. The molecule has 1 fully saturated rings. The van der Waals surface area contributed by atoms with Crippen molar-refractivity contribution in [2.45, 2.75) is 32.1 Å². The SMILES string of the molecule is CSCc1nc2ccccc2n1CC(=O)N1CCC(C)CC1. The van der Waals surface area contributed by atoms with E-state index in [1.165, 1.54) is 0 Å². The fraction of sp³-hybridized carbons (Fsp3) is 0.529. The molecule has 0 radical (unpaired) electrons. The van der Waals surface area contributed by atoms with Crippen LogP contribution in [0.1, 0.15) is 25.6 Å². The number of nitrogens with zero attached hydrogens (tertiary/aromatic N) is 3. The molecule has 0 spiro atoms. The second kappa shape index (κ2) is 6.73. The molecular formula is C17H23N3OS. The number of fused-ring (bicyclic) bond motifs is 1. The van der Waals surface area contributed by atoms with E-state index in [1.807, 2.05) is 23.1 Å². The maximum atomic E-state index is 12.6. The van der Waals surface area contributed by atoms with Gasteiger partial charge in [-0.3, -0.25) is 4.79 Å². The highest BCUT2D eigenvalue weighted by atomic mass is 32.2. The zero-order valence-electron chi connectivity index (χ0n) is 13.3. The number of carbonyl (C=O) groups is 1. The van der Waals surface area contributed by atoms with Crippen molar-refractivity contribution in [3.8, 4) is 0 Å². The molecule has 0 unspecified atom stereocenters. The number of thioether (sulfide) groups is 1. The Bertz CT molecular complexity index is 659. The van der Waals surface area contributed by atoms with Crippen LogP contribution in [0, 0.1) is 5.92 Å². The summed E-state index contributed by atoms with van der Waals surface area (Å²) in [5.74, 6) is 2.79. The largest absolute Gasteiger partial charge is 0.341 e. The van der Waals surface area contributed by atoms with Crippen molar-refractivity contribution < 1.29 is 4.79 Å². The third kappa shape index (κ3) is 3.14. The third-order valence-electron chi connectivity index (χ3n) is 4.44. The van der Waals surface area contributed by atoms with E-state index in [1.54, 1.807) is 11.8 Å². The Morgan fingerprint density at radius 1 is 1.32 bits per heavy atom. The number of benzene rings is 1. The molecule has 1 aromatic carbocycles. The fourth-order valence-corrected chi connectivity index (χ4v) is 3.51. The van der Waals surface area contributed by atoms with E-state index < -0.39 is 0 Å². The van der Waals surface area contributed by atoms with Crippen LogP contribution in [-0.4, -0.2) is 39.7 Å². The quantitative estimate of drug-likeness (QED) is 0.869. The van der Waals surface area contributed by atoms with Crippen LogP contribution in [0.4, 0.5) is 0 Å². The van der Waals surface area contributed by atoms with Gasteiger partial charge >= 0.3 is 0 Å². The van der Waals surface area contributed by atoms with Crippen LogP contribution in [0.25, 0.3) is 11.0 Å². The first-order valence-electron chi connectivity index (χ1n) is 7.90. The van der Waals surface area contributed by atoms with Crippen LogP contribution in [0.3, 0.4) is 0 Å². The van der Waals surface area contributed by atoms with E-state index in [0.29, 0.717) is 6.54 Å². The summed E-state index contributed by atoms with van der Waals surface area (Å²) in [5, 5.41) is 0. The predicted molar refractivity (Wildman–Crippen MR) is 91.9 cm³/mol. The average molecular weight is 317 g/mol. The molecule has 2 heterocycles. The lowest BCUT2D eigenvalue weighted by Gasteiger charge is -2.30. The van der Waals surface area contributed by atoms with Crippen LogP contribution in [0.15, 0.2) is 24.3 Å². The maximum absolute atomic E-state index is 12.6. The molecule has 22 heavy (non-hydrogen) atoms. The van der Waals surface area contributed by atoms with Gasteiger partial charge in [0.15, 0.2) is 0 Å². The Labute approximate surface area is 135 Å². The molecule has 118 valence electrons. The lowest BCUT2D eigenvalue weighted by atomic mass is 9.99. The summed E-state index contributed by atoms with van der Waals surface area (Å²) >= 11 is 1.74. The van der Waals surface area contributed by atoms with E-state index in [9.17, 15) is 4.79 Å². The predicted octanol–water partition coefficient (Wildman–Crippen LogP) is 3.16. The van der Waals surface area contributed by atoms with Crippen LogP contribution >= 0.6 is 11.8 Å². The molecule has 0 bridgehead atoms. The topological polar surface area (TPSA) is 38.1 Å². The summed E-state index contributed by atoms with van der Waals surface area (Å²) in [6.07, 6.45) is 4.31. The molecule has 0 atom stereocenters. The molecular weight excluding hydrogens is 294 g/mol. The van der Waals surface area contributed by atoms with Gasteiger partial charge in [-0.25, -0.2) is 4.98 Å². The van der Waals surface area contributed by atoms with Gasteiger partial charge < -0.3 is 9.47 Å². The van der Waals surface area contributed by atoms with Crippen molar-refractivity contribution in [1.29, 1.82) is 0 Å². The van der Waals surface area contributed by atoms with E-state index in [4.69, 9.17) is 0 Å². The number of piperidine rings is 1. The smallest absolute Gasteiger partial charge is 0.242 e. The number of aromatic nitrogens is 2. The van der Waals surface area contributed by atoms with Crippen molar-refractivity contribution in [3.05, 3.63) is 30.1 Å². The lowest BCUT2D eigenvalue weighted by molar-refractivity contribution is -0.133. The molecule has 2 aromatic rings. The van der Waals surface area contributed by atoms with E-state index >= 15 is 0 Å². The minimum Gasteiger partial charge on any atom is -0.341 e. The third-order valence-corrected chi connectivity index (χ3v) is 4.98. The highest BCUT2D eigenvalue weighted by Gasteiger charge is 2.22. The number of para-hydroxylation sites is 2. The van der Waals surface area contributed by atoms with Crippen LogP contribution < -0.4 is 0 Å². The number of amides is 1. The zero-order valence-corrected chi connectivity index (χ0v) is 14.1. The van der Waals surface area contributed by atoms with Gasteiger partial charge in [0.25, 0.3) is 0 Å². The van der Waals surface area contributed by atoms with Crippen molar-refractivity contribution in [3.63, 3.8) is 0 Å². The summed E-state index contributed by atoms with van der Waals surface area (Å²) in [6, 6.07) is 8.08. The van der Waals surface area contributed by atoms with Gasteiger partial charge in [0, 0.05) is 13.1 Å². The highest BCUT2D eigenvalue weighted by Crippen LogP contribution is 2.21. The summed E-state index contributed by atoms with van der Waals surface area (Å²) in [4.78, 5) is 19.3. The number of imidazole rings is 1. The first-order chi connectivity index (χ1) is 10.7. The highest BCUT2D eigenvalue weighted by molar-refractivity contribution is 7.97. The summed E-state index contributed by atoms with van der Waals surface area (Å²) in [5.41, 5.74) is 2.04. The fourth-order valence-electron chi connectivity index (χ4n) is 3.03. The lowest BCUT2D eigenvalue weighted by Crippen LogP contribution is -2.39. The second-order valence-corrected chi connectivity index (χ2v) is 6.97. The van der Waals surface area contributed by atoms with E-state index in [0.717, 1.165) is 54.5 Å². The summed E-state index contributed by atoms with van der Waals surface area (Å²) in [6.45, 7) is 4.46. The van der Waals surface area contributed by atoms with Gasteiger partial charge in [0.2, 0.25) is 5.91 Å². The Morgan fingerprint density at radius 2 is 2.05 bits per heavy atom. The molecule has 5 heteroatoms. The van der Waals surface area contributed by atoms with Gasteiger partial charge in [-0.15, -0.1) is 0 Å². The molecule has 0 saturated carbocycles. The first kappa shape index (κ1) is 15.4. The number of rotatable bonds is 4. The van der Waals surface area contributed by atoms with Crippen molar-refractivity contribution in [1.82, 2.24) is 14.5 Å². The van der Waals surface area contributed by atoms with Gasteiger partial charge in [-0.2, -0.15) is 11.8 Å². The Kier molecular flexibility index (Phi) is 4.71. The minimum atomic E-state index is 0.220. The molecule has 0 aliphatic carbocycles. The maximum Gasteiger partial charge on any atom is 0.242 e. The standard InChI is InChI=1S/C17H23N3OS/c1-13-7-9-19(10-8-13)17(21)11-20-15-6-4-3-5-14(15)18-16(20)12-22-2/h3-6,13H,7-12H2,1-2H3. The zero-order chi connectivity index (χ0) is 15.5. The average Bonchev–Trinajstić information content (AvgIpc) is 2.86. The Balaban J connectivity index is 1.83. The van der Waals surface area contributed by atoms with Crippen LogP contribution in [-0.2, 0) is 17.1 Å². The number of likely N-dealkylation sites (tertiary alicyclic amines) is 1. The van der Waals surface area contributed by atoms with Gasteiger partial charge in [0.1, 0.15) is 12.4 Å². The van der Waals surface area contributed by atoms with Gasteiger partial charge in [-0.05, 0) is 37.1 Å². The number of hydrogen-bond acceptors (Lipinski definition) is 3. The molecule has 3 rings (SSSR count). The number of hydrogen-bond donors (Lipinski definition) is 0. The monoisotopic (exact) mass is 317 g/mol. The minimum absolute atomic E-state index is 0.220. The van der Waals surface area contributed by atoms with Gasteiger partial charge in [0.05, 0.1) is 16.8 Å². The number of carbonyl (C=O) groups excluding carboxylic acids is 1. The van der Waals surface area contributed by atoms with E-state index in [-0.39, 0.29) is 5.91 Å². The molecule has 1 aromatic heterocycles.